The van der Waals surface area contributed by atoms with Gasteiger partial charge in [0.25, 0.3) is 0 Å². The lowest BCUT2D eigenvalue weighted by Gasteiger charge is -2.18. The van der Waals surface area contributed by atoms with Crippen molar-refractivity contribution in [2.24, 2.45) is 0 Å². The number of nitrogens with zero attached hydrogens (tertiary/aromatic N) is 4. The number of aromatic nitrogens is 5. The Labute approximate surface area is 184 Å². The molecule has 0 spiro atoms. The number of ether oxygens (including phenoxy) is 2. The fraction of sp³-hybridized carbons (Fsp3) is 0.474. The number of fused-ring (bicyclic) bond motifs is 1. The first kappa shape index (κ1) is 22.6. The molecule has 1 aliphatic carbocycles. The Balaban J connectivity index is 1.45. The van der Waals surface area contributed by atoms with Crippen molar-refractivity contribution >= 4 is 23.5 Å². The highest BCUT2D eigenvalue weighted by Gasteiger charge is 2.41. The van der Waals surface area contributed by atoms with E-state index >= 15 is 0 Å². The summed E-state index contributed by atoms with van der Waals surface area (Å²) in [5.41, 5.74) is 0.654. The Morgan fingerprint density at radius 1 is 1.33 bits per heavy atom. The van der Waals surface area contributed by atoms with Crippen molar-refractivity contribution in [3.8, 4) is 5.88 Å². The molecule has 0 saturated heterocycles. The van der Waals surface area contributed by atoms with Gasteiger partial charge in [0.15, 0.2) is 5.82 Å². The number of alkyl carbamates (subject to hydrolysis) is 1. The summed E-state index contributed by atoms with van der Waals surface area (Å²) in [7, 11) is 0. The van der Waals surface area contributed by atoms with Crippen LogP contribution in [0, 0.1) is 0 Å². The second kappa shape index (κ2) is 8.75. The standard InChI is InChI=1S/C19H21F4N7O3/c1-9(2)25-18(31)32-12-4-3-10(16(12)20)11-7-13(29-28-11)26-17-24-6-5-14-27-15(8-30(14)17)33-19(21,22)23/h5-10,12,16H,3-4H2,1-2H3,(H,25,31)(H2,24,26,28,29)/t10-,12-,16+/m0/s1. The first-order valence-electron chi connectivity index (χ1n) is 10.1. The fourth-order valence-corrected chi connectivity index (χ4v) is 3.64. The number of anilines is 2. The normalized spacial score (nSPS) is 20.9. The Kier molecular flexibility index (Phi) is 5.99. The zero-order valence-electron chi connectivity index (χ0n) is 17.6. The number of imidazole rings is 1. The number of carbonyl (C=O) groups excluding carboxylic acids is 1. The van der Waals surface area contributed by atoms with Gasteiger partial charge in [0, 0.05) is 29.9 Å². The van der Waals surface area contributed by atoms with Crippen molar-refractivity contribution < 1.29 is 31.8 Å². The van der Waals surface area contributed by atoms with Gasteiger partial charge in [0.1, 0.15) is 17.9 Å². The summed E-state index contributed by atoms with van der Waals surface area (Å²) in [4.78, 5) is 19.6. The molecule has 1 amide bonds. The lowest BCUT2D eigenvalue weighted by Crippen LogP contribution is -2.36. The van der Waals surface area contributed by atoms with Gasteiger partial charge in [-0.1, -0.05) is 0 Å². The van der Waals surface area contributed by atoms with Crippen molar-refractivity contribution in [2.75, 3.05) is 5.32 Å². The molecular formula is C19H21F4N7O3. The van der Waals surface area contributed by atoms with Gasteiger partial charge in [0.2, 0.25) is 11.8 Å². The molecule has 3 aromatic heterocycles. The minimum atomic E-state index is -4.88. The highest BCUT2D eigenvalue weighted by molar-refractivity contribution is 5.67. The second-order valence-corrected chi connectivity index (χ2v) is 7.83. The minimum Gasteiger partial charge on any atom is -0.443 e. The molecule has 0 radical (unpaired) electrons. The van der Waals surface area contributed by atoms with Gasteiger partial charge < -0.3 is 20.1 Å². The number of hydrogen-bond acceptors (Lipinski definition) is 7. The number of carbonyl (C=O) groups is 1. The summed E-state index contributed by atoms with van der Waals surface area (Å²) >= 11 is 0. The largest absolute Gasteiger partial charge is 0.574 e. The van der Waals surface area contributed by atoms with E-state index in [0.717, 1.165) is 6.20 Å². The number of halogens is 4. The molecule has 33 heavy (non-hydrogen) atoms. The molecule has 4 rings (SSSR count). The molecule has 178 valence electrons. The van der Waals surface area contributed by atoms with Crippen molar-refractivity contribution in [1.29, 1.82) is 0 Å². The molecule has 0 aromatic carbocycles. The first-order chi connectivity index (χ1) is 15.6. The van der Waals surface area contributed by atoms with Crippen LogP contribution in [-0.2, 0) is 4.74 Å². The average molecular weight is 471 g/mol. The lowest BCUT2D eigenvalue weighted by atomic mass is 10.0. The second-order valence-electron chi connectivity index (χ2n) is 7.83. The van der Waals surface area contributed by atoms with Gasteiger partial charge in [0.05, 0.1) is 6.20 Å². The highest BCUT2D eigenvalue weighted by atomic mass is 19.4. The first-order valence-corrected chi connectivity index (χ1v) is 10.1. The monoisotopic (exact) mass is 471 g/mol. The van der Waals surface area contributed by atoms with Crippen molar-refractivity contribution in [3.05, 3.63) is 30.2 Å². The van der Waals surface area contributed by atoms with Crippen LogP contribution in [0.25, 0.3) is 5.65 Å². The SMILES string of the molecule is CC(C)NC(=O)O[C@H]1CC[C@@H](c2cc(Nc3nccc4nc(OC(F)(F)F)cn34)n[nH]2)[C@H]1F. The third kappa shape index (κ3) is 5.26. The van der Waals surface area contributed by atoms with Crippen LogP contribution in [-0.4, -0.2) is 55.3 Å². The molecule has 14 heteroatoms. The Morgan fingerprint density at radius 3 is 2.85 bits per heavy atom. The number of alkyl halides is 4. The highest BCUT2D eigenvalue weighted by Crippen LogP contribution is 2.38. The van der Waals surface area contributed by atoms with Crippen LogP contribution >= 0.6 is 0 Å². The van der Waals surface area contributed by atoms with E-state index in [1.54, 1.807) is 19.9 Å². The molecule has 3 heterocycles. The van der Waals surface area contributed by atoms with Crippen LogP contribution in [0.15, 0.2) is 24.5 Å². The number of aromatic amines is 1. The third-order valence-electron chi connectivity index (χ3n) is 4.98. The number of nitrogens with one attached hydrogen (secondary N) is 3. The molecule has 1 aliphatic rings. The summed E-state index contributed by atoms with van der Waals surface area (Å²) in [6, 6.07) is 2.85. The van der Waals surface area contributed by atoms with Crippen LogP contribution in [0.5, 0.6) is 5.88 Å². The van der Waals surface area contributed by atoms with Crippen molar-refractivity contribution in [1.82, 2.24) is 29.9 Å². The summed E-state index contributed by atoms with van der Waals surface area (Å²) in [6.07, 6.45) is -4.66. The van der Waals surface area contributed by atoms with E-state index in [1.165, 1.54) is 16.7 Å². The molecule has 0 bridgehead atoms. The van der Waals surface area contributed by atoms with Crippen LogP contribution in [0.3, 0.4) is 0 Å². The van der Waals surface area contributed by atoms with E-state index < -0.39 is 36.5 Å². The zero-order chi connectivity index (χ0) is 23.8. The molecule has 3 N–H and O–H groups in total. The van der Waals surface area contributed by atoms with Gasteiger partial charge in [-0.05, 0) is 32.8 Å². The van der Waals surface area contributed by atoms with Crippen LogP contribution in [0.2, 0.25) is 0 Å². The van der Waals surface area contributed by atoms with Gasteiger partial charge >= 0.3 is 12.5 Å². The Hall–Kier alpha value is -3.58. The quantitative estimate of drug-likeness (QED) is 0.468. The number of hydrogen-bond donors (Lipinski definition) is 3. The predicted molar refractivity (Wildman–Crippen MR) is 107 cm³/mol. The van der Waals surface area contributed by atoms with E-state index in [0.29, 0.717) is 18.5 Å². The molecule has 3 aromatic rings. The molecule has 0 aliphatic heterocycles. The molecular weight excluding hydrogens is 450 g/mol. The van der Waals surface area contributed by atoms with E-state index in [2.05, 4.69) is 35.5 Å². The summed E-state index contributed by atoms with van der Waals surface area (Å²) in [5.74, 6) is -0.801. The molecule has 1 saturated carbocycles. The fourth-order valence-electron chi connectivity index (χ4n) is 3.64. The predicted octanol–water partition coefficient (Wildman–Crippen LogP) is 3.81. The smallest absolute Gasteiger partial charge is 0.443 e. The van der Waals surface area contributed by atoms with Crippen molar-refractivity contribution in [3.63, 3.8) is 0 Å². The maximum Gasteiger partial charge on any atom is 0.574 e. The van der Waals surface area contributed by atoms with E-state index in [9.17, 15) is 22.4 Å². The van der Waals surface area contributed by atoms with Crippen LogP contribution in [0.4, 0.5) is 34.1 Å². The van der Waals surface area contributed by atoms with E-state index in [4.69, 9.17) is 4.74 Å². The summed E-state index contributed by atoms with van der Waals surface area (Å²) < 4.78 is 62.6. The topological polar surface area (TPSA) is 118 Å². The maximum atomic E-state index is 14.9. The number of H-pyrrole nitrogens is 1. The van der Waals surface area contributed by atoms with E-state index in [1.807, 2.05) is 0 Å². The van der Waals surface area contributed by atoms with Gasteiger partial charge in [-0.15, -0.1) is 13.2 Å². The zero-order valence-corrected chi connectivity index (χ0v) is 17.6. The molecule has 0 unspecified atom stereocenters. The van der Waals surface area contributed by atoms with Crippen molar-refractivity contribution in [2.45, 2.75) is 57.3 Å². The lowest BCUT2D eigenvalue weighted by molar-refractivity contribution is -0.276. The maximum absolute atomic E-state index is 14.9. The number of amides is 1. The third-order valence-corrected chi connectivity index (χ3v) is 4.98. The van der Waals surface area contributed by atoms with Gasteiger partial charge in [-0.2, -0.15) is 10.1 Å². The van der Waals surface area contributed by atoms with Gasteiger partial charge in [-0.25, -0.2) is 14.2 Å². The van der Waals surface area contributed by atoms with Crippen LogP contribution < -0.4 is 15.4 Å². The summed E-state index contributed by atoms with van der Waals surface area (Å²) in [6.45, 7) is 3.54. The van der Waals surface area contributed by atoms with Crippen LogP contribution in [0.1, 0.15) is 38.3 Å². The summed E-state index contributed by atoms with van der Waals surface area (Å²) in [5, 5.41) is 12.3. The Bertz CT molecular complexity index is 1130. The average Bonchev–Trinajstić information content (AvgIpc) is 3.40. The number of rotatable bonds is 6. The molecule has 1 fully saturated rings. The van der Waals surface area contributed by atoms with E-state index in [-0.39, 0.29) is 23.5 Å². The molecule has 3 atom stereocenters. The van der Waals surface area contributed by atoms with Gasteiger partial charge in [-0.3, -0.25) is 9.50 Å². The molecule has 10 nitrogen and oxygen atoms in total. The minimum absolute atomic E-state index is 0.126. The Morgan fingerprint density at radius 2 is 2.12 bits per heavy atom.